The molecular formula is C13H16BiF2O4P. The predicted molar refractivity (Wildman–Crippen MR) is 78.4 cm³/mol. The van der Waals surface area contributed by atoms with Crippen LogP contribution in [0.15, 0.2) is 30.3 Å². The van der Waals surface area contributed by atoms with Crippen LogP contribution < -0.4 is 3.27 Å². The Morgan fingerprint density at radius 3 is 2.71 bits per heavy atom. The van der Waals surface area contributed by atoms with E-state index in [9.17, 15) is 13.6 Å². The summed E-state index contributed by atoms with van der Waals surface area (Å²) in [5.74, 6) is -3.20. The van der Waals surface area contributed by atoms with Gasteiger partial charge in [-0.2, -0.15) is 0 Å². The quantitative estimate of drug-likeness (QED) is 0.442. The van der Waals surface area contributed by atoms with Crippen molar-refractivity contribution in [3.8, 4) is 0 Å². The van der Waals surface area contributed by atoms with E-state index in [2.05, 4.69) is 0 Å². The number of hydrogen-bond acceptors (Lipinski definition) is 4. The molecule has 8 heteroatoms. The van der Waals surface area contributed by atoms with E-state index in [-0.39, 0.29) is 6.61 Å². The molecule has 0 aromatic heterocycles. The van der Waals surface area contributed by atoms with Gasteiger partial charge in [0.2, 0.25) is 0 Å². The topological polar surface area (TPSA) is 44.8 Å². The van der Waals surface area contributed by atoms with Crippen molar-refractivity contribution in [2.75, 3.05) is 6.61 Å². The van der Waals surface area contributed by atoms with Gasteiger partial charge in [-0.25, -0.2) is 0 Å². The SMILES string of the molecule is C[C@H]1O[C@H](COP)C(O[C](=O)[BiH][c]2ccccc2)C1(F)F. The molecule has 1 aromatic carbocycles. The molecule has 1 aromatic rings. The average Bonchev–Trinajstić information content (AvgIpc) is 2.64. The Balaban J connectivity index is 2.03. The van der Waals surface area contributed by atoms with Crippen molar-refractivity contribution in [3.63, 3.8) is 0 Å². The van der Waals surface area contributed by atoms with Crippen LogP contribution in [0.4, 0.5) is 13.6 Å². The third-order valence-electron chi connectivity index (χ3n) is 3.15. The van der Waals surface area contributed by atoms with Crippen LogP contribution in [0.3, 0.4) is 0 Å². The van der Waals surface area contributed by atoms with E-state index >= 15 is 0 Å². The summed E-state index contributed by atoms with van der Waals surface area (Å²) >= 11 is -1.96. The molecule has 1 heterocycles. The van der Waals surface area contributed by atoms with Gasteiger partial charge in [0.1, 0.15) is 0 Å². The number of benzene rings is 1. The first-order valence-electron chi connectivity index (χ1n) is 6.32. The number of ether oxygens (including phenoxy) is 2. The zero-order valence-corrected chi connectivity index (χ0v) is 16.3. The first-order chi connectivity index (χ1) is 9.95. The van der Waals surface area contributed by atoms with Crippen LogP contribution in [0.25, 0.3) is 0 Å². The van der Waals surface area contributed by atoms with E-state index in [1.54, 1.807) is 0 Å². The molecule has 0 spiro atoms. The second kappa shape index (κ2) is 7.37. The van der Waals surface area contributed by atoms with Gasteiger partial charge in [0.25, 0.3) is 0 Å². The number of halogens is 2. The van der Waals surface area contributed by atoms with E-state index in [1.807, 2.05) is 39.8 Å². The Kier molecular flexibility index (Phi) is 6.01. The van der Waals surface area contributed by atoms with E-state index < -0.39 is 51.1 Å². The minimum atomic E-state index is -3.20. The first kappa shape index (κ1) is 17.1. The first-order valence-corrected chi connectivity index (χ1v) is 10.7. The maximum atomic E-state index is 14.0. The maximum absolute atomic E-state index is 14.0. The van der Waals surface area contributed by atoms with Crippen molar-refractivity contribution in [1.29, 1.82) is 0 Å². The molecule has 2 rings (SSSR count). The molecule has 0 aliphatic carbocycles. The molecule has 21 heavy (non-hydrogen) atoms. The molecule has 2 unspecified atom stereocenters. The van der Waals surface area contributed by atoms with Crippen molar-refractivity contribution < 1.29 is 27.6 Å². The summed E-state index contributed by atoms with van der Waals surface area (Å²) < 4.78 is 43.4. The van der Waals surface area contributed by atoms with Crippen LogP contribution in [0.5, 0.6) is 0 Å². The summed E-state index contributed by atoms with van der Waals surface area (Å²) in [5.41, 5.74) is 0. The predicted octanol–water partition coefficient (Wildman–Crippen LogP) is 1.48. The van der Waals surface area contributed by atoms with Gasteiger partial charge in [0, 0.05) is 0 Å². The Morgan fingerprint density at radius 1 is 1.43 bits per heavy atom. The van der Waals surface area contributed by atoms with Crippen molar-refractivity contribution >= 4 is 39.7 Å². The van der Waals surface area contributed by atoms with Gasteiger partial charge in [0.05, 0.1) is 0 Å². The second-order valence-corrected chi connectivity index (χ2v) is 9.78. The number of hydrogen-bond donors (Lipinski definition) is 0. The van der Waals surface area contributed by atoms with Crippen molar-refractivity contribution in [1.82, 2.24) is 0 Å². The van der Waals surface area contributed by atoms with Gasteiger partial charge in [-0.1, -0.05) is 0 Å². The normalized spacial score (nSPS) is 27.5. The Hall–Kier alpha value is -0.217. The van der Waals surface area contributed by atoms with Gasteiger partial charge >= 0.3 is 135 Å². The van der Waals surface area contributed by atoms with Crippen molar-refractivity contribution in [3.05, 3.63) is 30.3 Å². The van der Waals surface area contributed by atoms with E-state index in [0.717, 1.165) is 3.27 Å². The van der Waals surface area contributed by atoms with E-state index in [4.69, 9.17) is 14.0 Å². The molecule has 0 amide bonds. The zero-order chi connectivity index (χ0) is 15.5. The number of alkyl halides is 2. The fraction of sp³-hybridized carbons (Fsp3) is 0.462. The molecule has 4 atom stereocenters. The Morgan fingerprint density at radius 2 is 2.10 bits per heavy atom. The summed E-state index contributed by atoms with van der Waals surface area (Å²) in [6, 6.07) is 9.11. The van der Waals surface area contributed by atoms with E-state index in [0.29, 0.717) is 0 Å². The molecule has 4 nitrogen and oxygen atoms in total. The fourth-order valence-electron chi connectivity index (χ4n) is 2.06. The minimum absolute atomic E-state index is 0.0678. The standard InChI is InChI=1S/C7H10F2O4P.C6H5.Bi.H/c1-4-7(8,9)6(11-3-10)5(13-4)2-12-14;1-2-4-6-5-3-1;;/h4-6H,2,14H2,1H3;1-5H;;/t4-,5-,6?;;;/m1.../s1. The van der Waals surface area contributed by atoms with Crippen LogP contribution in [-0.2, 0) is 14.0 Å². The van der Waals surface area contributed by atoms with Gasteiger partial charge in [-0.3, -0.25) is 0 Å². The van der Waals surface area contributed by atoms with Crippen molar-refractivity contribution in [2.45, 2.75) is 31.2 Å². The number of rotatable bonds is 5. The molecule has 0 radical (unpaired) electrons. The van der Waals surface area contributed by atoms with Crippen LogP contribution in [0, 0.1) is 0 Å². The third-order valence-corrected chi connectivity index (χ3v) is 7.01. The Bertz CT molecular complexity index is 488. The molecule has 0 saturated carbocycles. The summed E-state index contributed by atoms with van der Waals surface area (Å²) in [7, 11) is 1.98. The van der Waals surface area contributed by atoms with E-state index in [1.165, 1.54) is 6.92 Å². The summed E-state index contributed by atoms with van der Waals surface area (Å²) in [5, 5.41) is 0. The Labute approximate surface area is 135 Å². The van der Waals surface area contributed by atoms with Crippen LogP contribution in [0.2, 0.25) is 0 Å². The number of carbonyl (C=O) groups excluding carboxylic acids is 1. The molecular weight excluding hydrogens is 498 g/mol. The van der Waals surface area contributed by atoms with Crippen LogP contribution in [0.1, 0.15) is 6.92 Å². The third kappa shape index (κ3) is 4.16. The average molecular weight is 514 g/mol. The van der Waals surface area contributed by atoms with Gasteiger partial charge in [-0.15, -0.1) is 0 Å². The van der Waals surface area contributed by atoms with Crippen LogP contribution in [-0.4, -0.2) is 57.8 Å². The molecule has 1 aliphatic rings. The summed E-state index contributed by atoms with van der Waals surface area (Å²) in [6.07, 6.45) is -3.84. The molecule has 1 saturated heterocycles. The summed E-state index contributed by atoms with van der Waals surface area (Å²) in [6.45, 7) is 1.20. The molecule has 1 aliphatic heterocycles. The molecule has 116 valence electrons. The fourth-order valence-corrected chi connectivity index (χ4v) is 5.29. The van der Waals surface area contributed by atoms with Gasteiger partial charge in [0.15, 0.2) is 0 Å². The molecule has 1 fully saturated rings. The van der Waals surface area contributed by atoms with Gasteiger partial charge < -0.3 is 0 Å². The van der Waals surface area contributed by atoms with Crippen molar-refractivity contribution in [2.24, 2.45) is 0 Å². The van der Waals surface area contributed by atoms with Crippen LogP contribution >= 0.6 is 9.47 Å². The second-order valence-electron chi connectivity index (χ2n) is 4.64. The zero-order valence-electron chi connectivity index (χ0n) is 11.3. The summed E-state index contributed by atoms with van der Waals surface area (Å²) in [4.78, 5) is 11.9. The number of carbonyl (C=O) groups is 1. The van der Waals surface area contributed by atoms with Gasteiger partial charge in [-0.05, 0) is 0 Å². The monoisotopic (exact) mass is 514 g/mol. The molecule has 0 N–H and O–H groups in total. The molecule has 0 bridgehead atoms.